The highest BCUT2D eigenvalue weighted by atomic mass is 16.7. The van der Waals surface area contributed by atoms with E-state index in [0.29, 0.717) is 12.3 Å². The Labute approximate surface area is 94.3 Å². The van der Waals surface area contributed by atoms with E-state index in [4.69, 9.17) is 15.0 Å². The van der Waals surface area contributed by atoms with E-state index in [0.717, 1.165) is 31.9 Å². The lowest BCUT2D eigenvalue weighted by atomic mass is 9.86. The Morgan fingerprint density at radius 2 is 2.56 bits per heavy atom. The minimum atomic E-state index is -0.376. The molecule has 1 unspecified atom stereocenters. The van der Waals surface area contributed by atoms with Crippen LogP contribution < -0.4 is 0 Å². The van der Waals surface area contributed by atoms with E-state index in [1.807, 2.05) is 0 Å². The van der Waals surface area contributed by atoms with Gasteiger partial charge in [-0.05, 0) is 18.8 Å². The molecule has 5 nitrogen and oxygen atoms in total. The van der Waals surface area contributed by atoms with Crippen LogP contribution in [0.4, 0.5) is 0 Å². The predicted octanol–water partition coefficient (Wildman–Crippen LogP) is 1.18. The monoisotopic (exact) mass is 224 g/mol. The maximum Gasteiger partial charge on any atom is 0.323 e. The third-order valence-corrected chi connectivity index (χ3v) is 3.68. The first-order valence-corrected chi connectivity index (χ1v) is 5.61. The van der Waals surface area contributed by atoms with E-state index >= 15 is 0 Å². The zero-order valence-corrected chi connectivity index (χ0v) is 9.39. The number of hydrogen-bond donors (Lipinski definition) is 0. The molecule has 2 fully saturated rings. The number of carbonyl (C=O) groups excluding carboxylic acids is 1. The summed E-state index contributed by atoms with van der Waals surface area (Å²) >= 11 is 0. The van der Waals surface area contributed by atoms with Gasteiger partial charge in [0.15, 0.2) is 6.29 Å². The molecule has 5 heteroatoms. The maximum atomic E-state index is 11.5. The Morgan fingerprint density at radius 3 is 3.25 bits per heavy atom. The van der Waals surface area contributed by atoms with E-state index in [1.165, 1.54) is 0 Å². The molecule has 88 valence electrons. The number of carbonyl (C=O) groups is 1. The van der Waals surface area contributed by atoms with Crippen molar-refractivity contribution in [3.8, 4) is 0 Å². The highest BCUT2D eigenvalue weighted by Gasteiger charge is 2.52. The van der Waals surface area contributed by atoms with Crippen LogP contribution in [-0.2, 0) is 14.3 Å². The quantitative estimate of drug-likeness (QED) is 0.409. The van der Waals surface area contributed by atoms with Crippen LogP contribution in [0.3, 0.4) is 0 Å². The van der Waals surface area contributed by atoms with Crippen molar-refractivity contribution in [3.63, 3.8) is 0 Å². The van der Waals surface area contributed by atoms with Gasteiger partial charge in [0.05, 0.1) is 5.60 Å². The fraction of sp³-hybridized carbons (Fsp3) is 0.818. The number of nitrogens with zero attached hydrogens (tertiary/aromatic N) is 2. The van der Waals surface area contributed by atoms with Gasteiger partial charge in [-0.15, -0.1) is 0 Å². The van der Waals surface area contributed by atoms with Gasteiger partial charge in [0.1, 0.15) is 0 Å². The third-order valence-electron chi connectivity index (χ3n) is 3.68. The number of Topliss-reactive ketones (excluding diaryl/α,β-unsaturated/α-hetero) is 1. The first kappa shape index (κ1) is 11.5. The van der Waals surface area contributed by atoms with Gasteiger partial charge in [-0.25, -0.2) is 0 Å². The van der Waals surface area contributed by atoms with Crippen LogP contribution in [0.2, 0.25) is 0 Å². The average Bonchev–Trinajstić information content (AvgIpc) is 2.73. The molecule has 0 N–H and O–H groups in total. The molecule has 0 aromatic carbocycles. The predicted molar refractivity (Wildman–Crippen MR) is 55.9 cm³/mol. The van der Waals surface area contributed by atoms with Gasteiger partial charge in [-0.3, -0.25) is 4.79 Å². The summed E-state index contributed by atoms with van der Waals surface area (Å²) in [6.07, 6.45) is 4.98. The molecule has 1 saturated heterocycles. The van der Waals surface area contributed by atoms with E-state index < -0.39 is 0 Å². The van der Waals surface area contributed by atoms with Crippen molar-refractivity contribution in [2.45, 2.75) is 44.0 Å². The molecule has 0 aromatic heterocycles. The molecule has 2 rings (SSSR count). The summed E-state index contributed by atoms with van der Waals surface area (Å²) in [6.45, 7) is 0. The lowest BCUT2D eigenvalue weighted by Gasteiger charge is -2.26. The topological polar surface area (TPSA) is 71.9 Å². The molecule has 2 aliphatic rings. The maximum absolute atomic E-state index is 11.5. The van der Waals surface area contributed by atoms with Gasteiger partial charge in [0.2, 0.25) is 5.78 Å². The van der Waals surface area contributed by atoms with Gasteiger partial charge < -0.3 is 15.0 Å². The largest absolute Gasteiger partial charge is 0.361 e. The second-order valence-electron chi connectivity index (χ2n) is 4.56. The summed E-state index contributed by atoms with van der Waals surface area (Å²) in [5, 5.41) is 0. The molecule has 1 aliphatic heterocycles. The minimum absolute atomic E-state index is 0.189. The van der Waals surface area contributed by atoms with Crippen LogP contribution in [0.25, 0.3) is 5.53 Å². The molecule has 1 saturated carbocycles. The Balaban J connectivity index is 2.09. The normalized spacial score (nSPS) is 36.8. The van der Waals surface area contributed by atoms with Crippen LogP contribution in [0, 0.1) is 5.92 Å². The number of hydrogen-bond acceptors (Lipinski definition) is 3. The minimum Gasteiger partial charge on any atom is -0.361 e. The lowest BCUT2D eigenvalue weighted by molar-refractivity contribution is -0.162. The number of ether oxygens (including phenoxy) is 2. The van der Waals surface area contributed by atoms with E-state index in [2.05, 4.69) is 4.79 Å². The standard InChI is InChI=1S/C11H16N2O3/c1-15-10-5-8-3-2-4-11(8,16-10)6-9(14)7-13-12/h7-8,10H,2-6H2,1H3/t8-,10?,11+/m1/s1. The Kier molecular flexibility index (Phi) is 3.19. The first-order valence-electron chi connectivity index (χ1n) is 5.61. The number of fused-ring (bicyclic) bond motifs is 1. The van der Waals surface area contributed by atoms with Gasteiger partial charge in [-0.2, -0.15) is 4.79 Å². The highest BCUT2D eigenvalue weighted by Crippen LogP contribution is 2.49. The van der Waals surface area contributed by atoms with Crippen LogP contribution in [-0.4, -0.2) is 35.8 Å². The lowest BCUT2D eigenvalue weighted by Crippen LogP contribution is -2.35. The highest BCUT2D eigenvalue weighted by molar-refractivity contribution is 6.25. The molecule has 3 atom stereocenters. The van der Waals surface area contributed by atoms with Crippen LogP contribution in [0.5, 0.6) is 0 Å². The number of rotatable bonds is 4. The molecule has 1 heterocycles. The first-order chi connectivity index (χ1) is 7.70. The van der Waals surface area contributed by atoms with Crippen LogP contribution in [0.1, 0.15) is 32.1 Å². The van der Waals surface area contributed by atoms with E-state index in [1.54, 1.807) is 7.11 Å². The molecule has 0 spiro atoms. The van der Waals surface area contributed by atoms with Crippen LogP contribution >= 0.6 is 0 Å². The Bertz CT molecular complexity index is 338. The van der Waals surface area contributed by atoms with Gasteiger partial charge in [0, 0.05) is 20.0 Å². The Hall–Kier alpha value is -1.03. The van der Waals surface area contributed by atoms with Crippen molar-refractivity contribution in [1.82, 2.24) is 0 Å². The molecule has 1 aliphatic carbocycles. The van der Waals surface area contributed by atoms with Crippen molar-refractivity contribution in [2.24, 2.45) is 5.92 Å². The van der Waals surface area contributed by atoms with Gasteiger partial charge >= 0.3 is 6.21 Å². The number of methoxy groups -OCH3 is 1. The summed E-state index contributed by atoms with van der Waals surface area (Å²) in [5.74, 6) is 0.208. The molecule has 16 heavy (non-hydrogen) atoms. The molecule has 0 bridgehead atoms. The second kappa shape index (κ2) is 4.45. The van der Waals surface area contributed by atoms with Gasteiger partial charge in [0.25, 0.3) is 0 Å². The SMILES string of the molecule is COC1C[C@H]2CCC[C@@]2(CC(=O)C=[N+]=[N-])O1. The zero-order valence-electron chi connectivity index (χ0n) is 9.39. The fourth-order valence-electron chi connectivity index (χ4n) is 2.97. The third kappa shape index (κ3) is 1.94. The van der Waals surface area contributed by atoms with E-state index in [9.17, 15) is 4.79 Å². The smallest absolute Gasteiger partial charge is 0.323 e. The molecular weight excluding hydrogens is 208 g/mol. The van der Waals surface area contributed by atoms with Crippen molar-refractivity contribution in [1.29, 1.82) is 0 Å². The summed E-state index contributed by atoms with van der Waals surface area (Å²) in [5.41, 5.74) is 7.95. The summed E-state index contributed by atoms with van der Waals surface area (Å²) in [4.78, 5) is 14.3. The molecular formula is C11H16N2O3. The summed E-state index contributed by atoms with van der Waals surface area (Å²) < 4.78 is 11.1. The fourth-order valence-corrected chi connectivity index (χ4v) is 2.97. The molecule has 0 radical (unpaired) electrons. The van der Waals surface area contributed by atoms with Crippen molar-refractivity contribution >= 4 is 12.0 Å². The average molecular weight is 224 g/mol. The second-order valence-corrected chi connectivity index (χ2v) is 4.56. The van der Waals surface area contributed by atoms with Crippen molar-refractivity contribution in [2.75, 3.05) is 7.11 Å². The number of ketones is 1. The zero-order chi connectivity index (χ0) is 11.6. The molecule has 0 aromatic rings. The summed E-state index contributed by atoms with van der Waals surface area (Å²) in [7, 11) is 1.62. The van der Waals surface area contributed by atoms with E-state index in [-0.39, 0.29) is 17.7 Å². The van der Waals surface area contributed by atoms with Crippen molar-refractivity contribution < 1.29 is 19.1 Å². The van der Waals surface area contributed by atoms with Crippen LogP contribution in [0.15, 0.2) is 0 Å². The van der Waals surface area contributed by atoms with Gasteiger partial charge in [-0.1, -0.05) is 6.42 Å². The summed E-state index contributed by atoms with van der Waals surface area (Å²) in [6, 6.07) is 0. The Morgan fingerprint density at radius 1 is 1.75 bits per heavy atom. The van der Waals surface area contributed by atoms with Crippen molar-refractivity contribution in [3.05, 3.63) is 5.53 Å². The molecule has 0 amide bonds.